The first kappa shape index (κ1) is 17.5. The zero-order valence-electron chi connectivity index (χ0n) is 14.7. The number of aliphatic hydroxyl groups excluding tert-OH is 1. The van der Waals surface area contributed by atoms with Crippen LogP contribution in [0.15, 0.2) is 48.5 Å². The van der Waals surface area contributed by atoms with E-state index in [1.165, 1.54) is 0 Å². The van der Waals surface area contributed by atoms with E-state index in [2.05, 4.69) is 4.90 Å². The molecule has 0 bridgehead atoms. The molecule has 1 aliphatic rings. The molecule has 1 heterocycles. The highest BCUT2D eigenvalue weighted by Gasteiger charge is 2.29. The SMILES string of the molecule is CN(C)CCOc1ccccc1-c1cccc(C(=O)N2CC(O)C2)c1. The second-order valence-corrected chi connectivity index (χ2v) is 6.59. The number of aliphatic hydroxyl groups is 1. The number of likely N-dealkylation sites (tertiary alicyclic amines) is 1. The number of nitrogens with zero attached hydrogens (tertiary/aromatic N) is 2. The Bertz CT molecular complexity index is 739. The zero-order valence-corrected chi connectivity index (χ0v) is 14.7. The summed E-state index contributed by atoms with van der Waals surface area (Å²) in [6.07, 6.45) is -0.391. The minimum atomic E-state index is -0.391. The minimum absolute atomic E-state index is 0.0434. The second kappa shape index (κ2) is 7.68. The van der Waals surface area contributed by atoms with E-state index >= 15 is 0 Å². The molecule has 0 aromatic heterocycles. The molecule has 1 N–H and O–H groups in total. The van der Waals surface area contributed by atoms with Crippen molar-refractivity contribution in [3.63, 3.8) is 0 Å². The van der Waals surface area contributed by atoms with Crippen molar-refractivity contribution in [2.24, 2.45) is 0 Å². The van der Waals surface area contributed by atoms with Crippen LogP contribution in [0.2, 0.25) is 0 Å². The molecular weight excluding hydrogens is 316 g/mol. The number of rotatable bonds is 6. The largest absolute Gasteiger partial charge is 0.492 e. The minimum Gasteiger partial charge on any atom is -0.492 e. The first-order chi connectivity index (χ1) is 12.0. The molecule has 3 rings (SSSR count). The van der Waals surface area contributed by atoms with Gasteiger partial charge in [0.2, 0.25) is 0 Å². The van der Waals surface area contributed by atoms with Crippen molar-refractivity contribution in [1.82, 2.24) is 9.80 Å². The van der Waals surface area contributed by atoms with Gasteiger partial charge in [-0.1, -0.05) is 30.3 Å². The van der Waals surface area contributed by atoms with Gasteiger partial charge in [-0.15, -0.1) is 0 Å². The van der Waals surface area contributed by atoms with Gasteiger partial charge >= 0.3 is 0 Å². The molecule has 2 aromatic rings. The Balaban J connectivity index is 1.80. The van der Waals surface area contributed by atoms with E-state index in [9.17, 15) is 9.90 Å². The van der Waals surface area contributed by atoms with E-state index in [0.717, 1.165) is 23.4 Å². The van der Waals surface area contributed by atoms with Crippen molar-refractivity contribution in [2.45, 2.75) is 6.10 Å². The Morgan fingerprint density at radius 3 is 2.68 bits per heavy atom. The van der Waals surface area contributed by atoms with Crippen LogP contribution in [0.25, 0.3) is 11.1 Å². The number of para-hydroxylation sites is 1. The Morgan fingerprint density at radius 1 is 1.20 bits per heavy atom. The molecule has 0 saturated carbocycles. The van der Waals surface area contributed by atoms with E-state index < -0.39 is 6.10 Å². The number of carbonyl (C=O) groups excluding carboxylic acids is 1. The van der Waals surface area contributed by atoms with Crippen molar-refractivity contribution in [3.05, 3.63) is 54.1 Å². The fourth-order valence-corrected chi connectivity index (χ4v) is 2.79. The maximum Gasteiger partial charge on any atom is 0.254 e. The molecule has 1 saturated heterocycles. The van der Waals surface area contributed by atoms with Crippen LogP contribution < -0.4 is 4.74 Å². The lowest BCUT2D eigenvalue weighted by Gasteiger charge is -2.35. The van der Waals surface area contributed by atoms with Gasteiger partial charge in [0.15, 0.2) is 0 Å². The lowest BCUT2D eigenvalue weighted by Crippen LogP contribution is -2.53. The average Bonchev–Trinajstić information content (AvgIpc) is 2.59. The van der Waals surface area contributed by atoms with Crippen LogP contribution in [-0.4, -0.2) is 67.3 Å². The summed E-state index contributed by atoms with van der Waals surface area (Å²) in [5.41, 5.74) is 2.56. The summed E-state index contributed by atoms with van der Waals surface area (Å²) >= 11 is 0. The Morgan fingerprint density at radius 2 is 1.96 bits per heavy atom. The summed E-state index contributed by atoms with van der Waals surface area (Å²) in [4.78, 5) is 16.2. The summed E-state index contributed by atoms with van der Waals surface area (Å²) in [6, 6.07) is 15.4. The second-order valence-electron chi connectivity index (χ2n) is 6.59. The fraction of sp³-hybridized carbons (Fsp3) is 0.350. The van der Waals surface area contributed by atoms with E-state index in [0.29, 0.717) is 25.3 Å². The molecule has 5 nitrogen and oxygen atoms in total. The molecule has 1 aliphatic heterocycles. The summed E-state index contributed by atoms with van der Waals surface area (Å²) in [5.74, 6) is 0.770. The molecule has 0 aliphatic carbocycles. The third kappa shape index (κ3) is 4.18. The standard InChI is InChI=1S/C20H24N2O3/c1-21(2)10-11-25-19-9-4-3-8-18(19)15-6-5-7-16(12-15)20(24)22-13-17(23)14-22/h3-9,12,17,23H,10-11,13-14H2,1-2H3. The Labute approximate surface area is 148 Å². The molecular formula is C20H24N2O3. The molecule has 0 radical (unpaired) electrons. The van der Waals surface area contributed by atoms with Crippen LogP contribution in [0.5, 0.6) is 5.75 Å². The maximum absolute atomic E-state index is 12.5. The van der Waals surface area contributed by atoms with E-state index in [1.54, 1.807) is 4.90 Å². The number of likely N-dealkylation sites (N-methyl/N-ethyl adjacent to an activating group) is 1. The Hall–Kier alpha value is -2.37. The van der Waals surface area contributed by atoms with Crippen molar-refractivity contribution >= 4 is 5.91 Å². The van der Waals surface area contributed by atoms with Gasteiger partial charge in [-0.2, -0.15) is 0 Å². The van der Waals surface area contributed by atoms with Gasteiger partial charge in [0, 0.05) is 30.8 Å². The van der Waals surface area contributed by atoms with Crippen LogP contribution in [0.4, 0.5) is 0 Å². The van der Waals surface area contributed by atoms with E-state index in [1.807, 2.05) is 62.6 Å². The average molecular weight is 340 g/mol. The highest BCUT2D eigenvalue weighted by molar-refractivity contribution is 5.96. The molecule has 132 valence electrons. The van der Waals surface area contributed by atoms with Crippen LogP contribution in [0, 0.1) is 0 Å². The van der Waals surface area contributed by atoms with Gasteiger partial charge in [-0.25, -0.2) is 0 Å². The third-order valence-electron chi connectivity index (χ3n) is 4.25. The van der Waals surface area contributed by atoms with Crippen molar-refractivity contribution in [1.29, 1.82) is 0 Å². The number of ether oxygens (including phenoxy) is 1. The smallest absolute Gasteiger partial charge is 0.254 e. The summed E-state index contributed by atoms with van der Waals surface area (Å²) < 4.78 is 5.93. The van der Waals surface area contributed by atoms with Crippen LogP contribution in [0.1, 0.15) is 10.4 Å². The number of hydrogen-bond donors (Lipinski definition) is 1. The van der Waals surface area contributed by atoms with Crippen molar-refractivity contribution < 1.29 is 14.6 Å². The summed E-state index contributed by atoms with van der Waals surface area (Å²) in [6.45, 7) is 2.26. The number of benzene rings is 2. The maximum atomic E-state index is 12.5. The summed E-state index contributed by atoms with van der Waals surface area (Å²) in [5, 5.41) is 9.39. The zero-order chi connectivity index (χ0) is 17.8. The van der Waals surface area contributed by atoms with Crippen LogP contribution in [0.3, 0.4) is 0 Å². The normalized spacial score (nSPS) is 14.5. The fourth-order valence-electron chi connectivity index (χ4n) is 2.79. The van der Waals surface area contributed by atoms with Gasteiger partial charge in [-0.05, 0) is 37.9 Å². The molecule has 0 unspecified atom stereocenters. The summed E-state index contributed by atoms with van der Waals surface area (Å²) in [7, 11) is 4.02. The number of amides is 1. The molecule has 1 amide bonds. The quantitative estimate of drug-likeness (QED) is 0.875. The monoisotopic (exact) mass is 340 g/mol. The van der Waals surface area contributed by atoms with E-state index in [4.69, 9.17) is 4.74 Å². The van der Waals surface area contributed by atoms with Crippen LogP contribution >= 0.6 is 0 Å². The Kier molecular flexibility index (Phi) is 5.36. The topological polar surface area (TPSA) is 53.0 Å². The predicted octanol–water partition coefficient (Wildman–Crippen LogP) is 2.11. The number of hydrogen-bond acceptors (Lipinski definition) is 4. The molecule has 0 atom stereocenters. The lowest BCUT2D eigenvalue weighted by molar-refractivity contribution is 0.00590. The van der Waals surface area contributed by atoms with Gasteiger partial charge in [0.25, 0.3) is 5.91 Å². The molecule has 1 fully saturated rings. The highest BCUT2D eigenvalue weighted by Crippen LogP contribution is 2.30. The van der Waals surface area contributed by atoms with Crippen LogP contribution in [-0.2, 0) is 0 Å². The van der Waals surface area contributed by atoms with Gasteiger partial charge < -0.3 is 19.6 Å². The first-order valence-electron chi connectivity index (χ1n) is 8.49. The predicted molar refractivity (Wildman–Crippen MR) is 97.8 cm³/mol. The number of β-amino-alcohol motifs (C(OH)–C–C–N with tert-alkyl or cyclic N) is 1. The number of carbonyl (C=O) groups is 1. The molecule has 5 heteroatoms. The highest BCUT2D eigenvalue weighted by atomic mass is 16.5. The molecule has 25 heavy (non-hydrogen) atoms. The van der Waals surface area contributed by atoms with Gasteiger partial charge in [-0.3, -0.25) is 4.79 Å². The lowest BCUT2D eigenvalue weighted by atomic mass is 10.0. The van der Waals surface area contributed by atoms with E-state index in [-0.39, 0.29) is 5.91 Å². The molecule has 0 spiro atoms. The first-order valence-corrected chi connectivity index (χ1v) is 8.49. The van der Waals surface area contributed by atoms with Gasteiger partial charge in [0.1, 0.15) is 12.4 Å². The van der Waals surface area contributed by atoms with Gasteiger partial charge in [0.05, 0.1) is 6.10 Å². The third-order valence-corrected chi connectivity index (χ3v) is 4.25. The molecule has 2 aromatic carbocycles. The van der Waals surface area contributed by atoms with Crippen molar-refractivity contribution in [2.75, 3.05) is 40.3 Å². The van der Waals surface area contributed by atoms with Crippen molar-refractivity contribution in [3.8, 4) is 16.9 Å².